The van der Waals surface area contributed by atoms with Crippen molar-refractivity contribution in [3.05, 3.63) is 52.8 Å². The van der Waals surface area contributed by atoms with Crippen LogP contribution in [0.15, 0.2) is 41.6 Å². The molecule has 2 aromatic heterocycles. The van der Waals surface area contributed by atoms with Crippen LogP contribution >= 0.6 is 11.6 Å². The minimum absolute atomic E-state index is 0.491. The van der Waals surface area contributed by atoms with Crippen LogP contribution in [-0.4, -0.2) is 28.3 Å². The van der Waals surface area contributed by atoms with Gasteiger partial charge in [0.1, 0.15) is 5.75 Å². The summed E-state index contributed by atoms with van der Waals surface area (Å²) in [7, 11) is 1.59. The summed E-state index contributed by atoms with van der Waals surface area (Å²) in [6, 6.07) is 9.19. The fourth-order valence-electron chi connectivity index (χ4n) is 2.03. The van der Waals surface area contributed by atoms with Crippen molar-refractivity contribution in [3.63, 3.8) is 0 Å². The third kappa shape index (κ3) is 3.22. The van der Waals surface area contributed by atoms with Gasteiger partial charge in [-0.2, -0.15) is 5.10 Å². The highest BCUT2D eigenvalue weighted by Gasteiger charge is 2.09. The monoisotopic (exact) mass is 327 g/mol. The topological polar surface area (TPSA) is 72.3 Å². The largest absolute Gasteiger partial charge is 0.494 e. The first-order valence-corrected chi connectivity index (χ1v) is 7.28. The summed E-state index contributed by atoms with van der Waals surface area (Å²) in [6.45, 7) is 1.84. The second kappa shape index (κ2) is 6.58. The van der Waals surface area contributed by atoms with Crippen molar-refractivity contribution < 1.29 is 4.74 Å². The lowest BCUT2D eigenvalue weighted by Gasteiger charge is -2.07. The van der Waals surface area contributed by atoms with Crippen LogP contribution in [0.4, 0.5) is 5.82 Å². The van der Waals surface area contributed by atoms with E-state index in [1.165, 1.54) is 0 Å². The molecule has 0 amide bonds. The molecule has 0 radical (unpaired) electrons. The van der Waals surface area contributed by atoms with E-state index in [0.29, 0.717) is 33.4 Å². The SMILES string of the molecule is COc1ccnc2nc(NN=Cc3ccccc3Cl)c(C)nc12. The molecule has 3 aromatic rings. The van der Waals surface area contributed by atoms with E-state index in [0.717, 1.165) is 5.56 Å². The van der Waals surface area contributed by atoms with Gasteiger partial charge in [-0.25, -0.2) is 15.0 Å². The van der Waals surface area contributed by atoms with Gasteiger partial charge in [0, 0.05) is 22.8 Å². The maximum Gasteiger partial charge on any atom is 0.184 e. The highest BCUT2D eigenvalue weighted by Crippen LogP contribution is 2.23. The number of nitrogens with one attached hydrogen (secondary N) is 1. The highest BCUT2D eigenvalue weighted by atomic mass is 35.5. The Labute approximate surface area is 138 Å². The van der Waals surface area contributed by atoms with Crippen LogP contribution in [0.5, 0.6) is 5.75 Å². The first-order chi connectivity index (χ1) is 11.2. The number of hydrogen-bond donors (Lipinski definition) is 1. The molecule has 0 saturated heterocycles. The van der Waals surface area contributed by atoms with Crippen molar-refractivity contribution in [3.8, 4) is 5.75 Å². The Morgan fingerprint density at radius 1 is 1.22 bits per heavy atom. The Kier molecular flexibility index (Phi) is 4.34. The summed E-state index contributed by atoms with van der Waals surface area (Å²) in [4.78, 5) is 13.1. The zero-order chi connectivity index (χ0) is 16.2. The molecule has 0 atom stereocenters. The quantitative estimate of drug-likeness (QED) is 0.587. The molecule has 116 valence electrons. The minimum atomic E-state index is 0.491. The molecule has 0 bridgehead atoms. The molecule has 0 spiro atoms. The van der Waals surface area contributed by atoms with Crippen molar-refractivity contribution in [2.75, 3.05) is 12.5 Å². The van der Waals surface area contributed by atoms with E-state index in [-0.39, 0.29) is 0 Å². The number of benzene rings is 1. The summed E-state index contributed by atoms with van der Waals surface area (Å²) in [5.74, 6) is 1.17. The zero-order valence-corrected chi connectivity index (χ0v) is 13.4. The molecule has 2 heterocycles. The fourth-order valence-corrected chi connectivity index (χ4v) is 2.22. The van der Waals surface area contributed by atoms with E-state index in [4.69, 9.17) is 16.3 Å². The number of nitrogens with zero attached hydrogens (tertiary/aromatic N) is 4. The molecular weight excluding hydrogens is 314 g/mol. The van der Waals surface area contributed by atoms with Gasteiger partial charge < -0.3 is 4.74 Å². The van der Waals surface area contributed by atoms with Gasteiger partial charge in [0.25, 0.3) is 0 Å². The van der Waals surface area contributed by atoms with Crippen LogP contribution in [0.2, 0.25) is 5.02 Å². The summed E-state index contributed by atoms with van der Waals surface area (Å²) < 4.78 is 5.27. The highest BCUT2D eigenvalue weighted by molar-refractivity contribution is 6.33. The number of hydrazone groups is 1. The average Bonchev–Trinajstić information content (AvgIpc) is 2.56. The fraction of sp³-hybridized carbons (Fsp3) is 0.125. The predicted molar refractivity (Wildman–Crippen MR) is 91.3 cm³/mol. The summed E-state index contributed by atoms with van der Waals surface area (Å²) in [6.07, 6.45) is 3.26. The van der Waals surface area contributed by atoms with Gasteiger partial charge in [-0.15, -0.1) is 0 Å². The van der Waals surface area contributed by atoms with Gasteiger partial charge in [-0.1, -0.05) is 29.8 Å². The average molecular weight is 328 g/mol. The van der Waals surface area contributed by atoms with Gasteiger partial charge in [0.15, 0.2) is 17.0 Å². The van der Waals surface area contributed by atoms with Crippen molar-refractivity contribution in [1.82, 2.24) is 15.0 Å². The molecule has 0 aliphatic carbocycles. The lowest BCUT2D eigenvalue weighted by Crippen LogP contribution is -2.01. The van der Waals surface area contributed by atoms with E-state index >= 15 is 0 Å². The van der Waals surface area contributed by atoms with Crippen molar-refractivity contribution in [1.29, 1.82) is 0 Å². The van der Waals surface area contributed by atoms with Gasteiger partial charge >= 0.3 is 0 Å². The number of fused-ring (bicyclic) bond motifs is 1. The van der Waals surface area contributed by atoms with Crippen LogP contribution in [0.25, 0.3) is 11.2 Å². The second-order valence-corrected chi connectivity index (χ2v) is 5.14. The molecule has 0 aliphatic heterocycles. The molecule has 1 N–H and O–H groups in total. The molecule has 1 aromatic carbocycles. The van der Waals surface area contributed by atoms with E-state index in [1.54, 1.807) is 31.7 Å². The van der Waals surface area contributed by atoms with Gasteiger partial charge in [-0.3, -0.25) is 5.43 Å². The first kappa shape index (κ1) is 15.2. The number of ether oxygens (including phenoxy) is 1. The number of aryl methyl sites for hydroxylation is 1. The van der Waals surface area contributed by atoms with Crippen molar-refractivity contribution in [2.45, 2.75) is 6.92 Å². The summed E-state index contributed by atoms with van der Waals surface area (Å²) >= 11 is 6.08. The van der Waals surface area contributed by atoms with E-state index in [1.807, 2.05) is 25.1 Å². The number of anilines is 1. The molecule has 0 fully saturated rings. The molecule has 7 heteroatoms. The Hall–Kier alpha value is -2.73. The van der Waals surface area contributed by atoms with Crippen molar-refractivity contribution >= 4 is 34.8 Å². The first-order valence-electron chi connectivity index (χ1n) is 6.90. The van der Waals surface area contributed by atoms with Gasteiger partial charge in [0.2, 0.25) is 0 Å². The van der Waals surface area contributed by atoms with Crippen LogP contribution in [0.3, 0.4) is 0 Å². The third-order valence-electron chi connectivity index (χ3n) is 3.21. The third-order valence-corrected chi connectivity index (χ3v) is 3.55. The Bertz CT molecular complexity index is 881. The number of halogens is 1. The molecule has 3 rings (SSSR count). The summed E-state index contributed by atoms with van der Waals surface area (Å²) in [5.41, 5.74) is 5.49. The van der Waals surface area contributed by atoms with E-state index in [2.05, 4.69) is 25.5 Å². The molecule has 23 heavy (non-hydrogen) atoms. The lowest BCUT2D eigenvalue weighted by atomic mass is 10.2. The number of aromatic nitrogens is 3. The smallest absolute Gasteiger partial charge is 0.184 e. The van der Waals surface area contributed by atoms with Crippen LogP contribution in [0, 0.1) is 6.92 Å². The summed E-state index contributed by atoms with van der Waals surface area (Å²) in [5, 5.41) is 4.79. The number of pyridine rings is 1. The Morgan fingerprint density at radius 2 is 2.04 bits per heavy atom. The predicted octanol–water partition coefficient (Wildman–Crippen LogP) is 3.44. The Morgan fingerprint density at radius 3 is 2.83 bits per heavy atom. The van der Waals surface area contributed by atoms with Crippen LogP contribution < -0.4 is 10.2 Å². The molecular formula is C16H14ClN5O. The zero-order valence-electron chi connectivity index (χ0n) is 12.6. The minimum Gasteiger partial charge on any atom is -0.494 e. The molecule has 0 aliphatic rings. The Balaban J connectivity index is 1.89. The lowest BCUT2D eigenvalue weighted by molar-refractivity contribution is 0.418. The van der Waals surface area contributed by atoms with Crippen LogP contribution in [-0.2, 0) is 0 Å². The van der Waals surface area contributed by atoms with E-state index < -0.39 is 0 Å². The molecule has 6 nitrogen and oxygen atoms in total. The van der Waals surface area contributed by atoms with Gasteiger partial charge in [0.05, 0.1) is 19.0 Å². The molecule has 0 unspecified atom stereocenters. The number of hydrogen-bond acceptors (Lipinski definition) is 6. The van der Waals surface area contributed by atoms with Crippen LogP contribution in [0.1, 0.15) is 11.3 Å². The molecule has 0 saturated carbocycles. The van der Waals surface area contributed by atoms with Gasteiger partial charge in [-0.05, 0) is 13.0 Å². The number of rotatable bonds is 4. The second-order valence-electron chi connectivity index (χ2n) is 4.73. The standard InChI is InChI=1S/C16H14ClN5O/c1-10-15(22-19-9-11-5-3-4-6-12(11)17)21-16-14(20-10)13(23-2)7-8-18-16/h3-9H,1-2H3,(H,18,21,22). The maximum atomic E-state index is 6.08. The normalized spacial score (nSPS) is 11.1. The maximum absolute atomic E-state index is 6.08. The van der Waals surface area contributed by atoms with Crippen molar-refractivity contribution in [2.24, 2.45) is 5.10 Å². The van der Waals surface area contributed by atoms with E-state index in [9.17, 15) is 0 Å². The number of methoxy groups -OCH3 is 1.